The Morgan fingerprint density at radius 3 is 2.68 bits per heavy atom. The van der Waals surface area contributed by atoms with Crippen LogP contribution in [0.1, 0.15) is 57.5 Å². The van der Waals surface area contributed by atoms with Gasteiger partial charge >= 0.3 is 6.09 Å². The molecule has 1 amide bonds. The Morgan fingerprint density at radius 1 is 1.05 bits per heavy atom. The lowest BCUT2D eigenvalue weighted by atomic mass is 9.94. The van der Waals surface area contributed by atoms with E-state index in [0.717, 1.165) is 74.7 Å². The van der Waals surface area contributed by atoms with Gasteiger partial charge in [-0.3, -0.25) is 4.90 Å². The number of nitrogens with zero attached hydrogens (tertiary/aromatic N) is 2. The largest absolute Gasteiger partial charge is 0.488 e. The second kappa shape index (κ2) is 8.50. The lowest BCUT2D eigenvalue weighted by Crippen LogP contribution is -2.43. The number of H-pyrrole nitrogens is 1. The number of ether oxygens (including phenoxy) is 2. The standard InChI is InChI=1S/C31H30ClN3O3/c1-31(2,3)38-30(36)35-22-8-4-19(13-22)28(35)29-33-25-11-6-17(14-26(25)34-29)18-5-9-24-23-10-7-21(32)12-20(23)16-37-27(24)15-18/h5-7,9-12,14-15,19,22,28H,4,8,13,16H2,1-3H3,(H,33,34)/t19-,22+,28-/m0/s1. The van der Waals surface area contributed by atoms with Crippen LogP contribution in [0.2, 0.25) is 5.02 Å². The molecule has 38 heavy (non-hydrogen) atoms. The van der Waals surface area contributed by atoms with Crippen molar-refractivity contribution in [2.75, 3.05) is 0 Å². The zero-order chi connectivity index (χ0) is 26.2. The molecule has 1 aromatic heterocycles. The molecule has 3 atom stereocenters. The Labute approximate surface area is 226 Å². The fraction of sp³-hybridized carbons (Fsp3) is 0.355. The van der Waals surface area contributed by atoms with Gasteiger partial charge in [0.25, 0.3) is 0 Å². The van der Waals surface area contributed by atoms with Crippen molar-refractivity contribution in [3.05, 3.63) is 71.0 Å². The van der Waals surface area contributed by atoms with Crippen LogP contribution in [0.15, 0.2) is 54.6 Å². The SMILES string of the molecule is CC(C)(C)OC(=O)N1[C@@H]2CC[C@@H](C2)[C@H]1c1nc2ccc(-c3ccc4c(c3)OCc3cc(Cl)ccc3-4)cc2[nH]1. The number of aromatic amines is 1. The summed E-state index contributed by atoms with van der Waals surface area (Å²) in [6, 6.07) is 18.7. The van der Waals surface area contributed by atoms with Crippen molar-refractivity contribution in [1.82, 2.24) is 14.9 Å². The van der Waals surface area contributed by atoms with E-state index in [0.29, 0.717) is 12.5 Å². The summed E-state index contributed by atoms with van der Waals surface area (Å²) in [4.78, 5) is 23.6. The lowest BCUT2D eigenvalue weighted by Gasteiger charge is -2.35. The Balaban J connectivity index is 1.21. The molecule has 0 unspecified atom stereocenters. The Kier molecular flexibility index (Phi) is 5.28. The summed E-state index contributed by atoms with van der Waals surface area (Å²) in [5.41, 5.74) is 6.84. The van der Waals surface area contributed by atoms with E-state index >= 15 is 0 Å². The smallest absolute Gasteiger partial charge is 0.411 e. The summed E-state index contributed by atoms with van der Waals surface area (Å²) in [5.74, 6) is 2.13. The second-order valence-electron chi connectivity index (χ2n) is 11.7. The molecule has 1 saturated carbocycles. The average molecular weight is 528 g/mol. The molecule has 2 fully saturated rings. The molecule has 3 aliphatic rings. The van der Waals surface area contributed by atoms with Crippen LogP contribution in [0.3, 0.4) is 0 Å². The van der Waals surface area contributed by atoms with Gasteiger partial charge < -0.3 is 14.5 Å². The summed E-state index contributed by atoms with van der Waals surface area (Å²) in [6.45, 7) is 6.25. The molecular formula is C31H30ClN3O3. The van der Waals surface area contributed by atoms with Crippen LogP contribution in [0.25, 0.3) is 33.3 Å². The Hall–Kier alpha value is -3.51. The van der Waals surface area contributed by atoms with Gasteiger partial charge in [0, 0.05) is 16.6 Å². The number of benzene rings is 3. The lowest BCUT2D eigenvalue weighted by molar-refractivity contribution is 0.00623. The number of amides is 1. The molecule has 6 nitrogen and oxygen atoms in total. The summed E-state index contributed by atoms with van der Waals surface area (Å²) >= 11 is 6.18. The number of aromatic nitrogens is 2. The van der Waals surface area contributed by atoms with Gasteiger partial charge in [-0.2, -0.15) is 0 Å². The van der Waals surface area contributed by atoms with Crippen LogP contribution < -0.4 is 4.74 Å². The van der Waals surface area contributed by atoms with Crippen LogP contribution in [-0.2, 0) is 11.3 Å². The van der Waals surface area contributed by atoms with Gasteiger partial charge in [-0.15, -0.1) is 0 Å². The number of fused-ring (bicyclic) bond motifs is 6. The molecule has 0 spiro atoms. The molecule has 1 saturated heterocycles. The zero-order valence-electron chi connectivity index (χ0n) is 21.8. The molecule has 0 radical (unpaired) electrons. The minimum absolute atomic E-state index is 0.0785. The van der Waals surface area contributed by atoms with Crippen molar-refractivity contribution >= 4 is 28.7 Å². The molecule has 2 bridgehead atoms. The van der Waals surface area contributed by atoms with E-state index in [1.807, 2.05) is 43.9 Å². The highest BCUT2D eigenvalue weighted by Gasteiger charge is 2.51. The molecule has 3 aromatic carbocycles. The van der Waals surface area contributed by atoms with Crippen LogP contribution in [-0.4, -0.2) is 32.6 Å². The third-order valence-electron chi connectivity index (χ3n) is 8.03. The Bertz CT molecular complexity index is 1590. The van der Waals surface area contributed by atoms with E-state index in [9.17, 15) is 4.79 Å². The molecule has 3 heterocycles. The number of carbonyl (C=O) groups is 1. The van der Waals surface area contributed by atoms with Crippen molar-refractivity contribution in [3.8, 4) is 28.0 Å². The van der Waals surface area contributed by atoms with Gasteiger partial charge in [0.05, 0.1) is 17.1 Å². The maximum absolute atomic E-state index is 13.1. The van der Waals surface area contributed by atoms with E-state index in [1.165, 1.54) is 0 Å². The number of imidazole rings is 1. The third kappa shape index (κ3) is 3.93. The first kappa shape index (κ1) is 23.6. The van der Waals surface area contributed by atoms with Crippen LogP contribution in [0.4, 0.5) is 4.79 Å². The quantitative estimate of drug-likeness (QED) is 0.287. The van der Waals surface area contributed by atoms with Crippen LogP contribution in [0.5, 0.6) is 5.75 Å². The molecule has 7 heteroatoms. The van der Waals surface area contributed by atoms with Crippen LogP contribution in [0, 0.1) is 5.92 Å². The van der Waals surface area contributed by atoms with E-state index in [-0.39, 0.29) is 18.2 Å². The second-order valence-corrected chi connectivity index (χ2v) is 12.2. The van der Waals surface area contributed by atoms with Crippen molar-refractivity contribution in [3.63, 3.8) is 0 Å². The first-order valence-corrected chi connectivity index (χ1v) is 13.7. The number of rotatable bonds is 2. The van der Waals surface area contributed by atoms with E-state index < -0.39 is 5.60 Å². The highest BCUT2D eigenvalue weighted by atomic mass is 35.5. The highest BCUT2D eigenvalue weighted by Crippen LogP contribution is 2.50. The number of hydrogen-bond donors (Lipinski definition) is 1. The number of nitrogens with one attached hydrogen (secondary N) is 1. The molecular weight excluding hydrogens is 498 g/mol. The normalized spacial score (nSPS) is 21.8. The minimum atomic E-state index is -0.528. The predicted molar refractivity (Wildman–Crippen MR) is 148 cm³/mol. The fourth-order valence-electron chi connectivity index (χ4n) is 6.41. The van der Waals surface area contributed by atoms with Gasteiger partial charge in [-0.25, -0.2) is 9.78 Å². The third-order valence-corrected chi connectivity index (χ3v) is 8.26. The molecule has 7 rings (SSSR count). The highest BCUT2D eigenvalue weighted by molar-refractivity contribution is 6.30. The first-order valence-electron chi connectivity index (χ1n) is 13.3. The van der Waals surface area contributed by atoms with Crippen molar-refractivity contribution in [2.24, 2.45) is 5.92 Å². The Morgan fingerprint density at radius 2 is 1.84 bits per heavy atom. The number of piperidine rings is 1. The summed E-state index contributed by atoms with van der Waals surface area (Å²) in [7, 11) is 0. The number of carbonyl (C=O) groups excluding carboxylic acids is 1. The maximum Gasteiger partial charge on any atom is 0.411 e. The minimum Gasteiger partial charge on any atom is -0.488 e. The number of halogens is 1. The summed E-state index contributed by atoms with van der Waals surface area (Å²) in [5, 5.41) is 0.722. The van der Waals surface area contributed by atoms with Gasteiger partial charge in [-0.05, 0) is 98.5 Å². The van der Waals surface area contributed by atoms with E-state index in [1.54, 1.807) is 0 Å². The molecule has 1 aliphatic carbocycles. The van der Waals surface area contributed by atoms with E-state index in [2.05, 4.69) is 41.4 Å². The molecule has 194 valence electrons. The topological polar surface area (TPSA) is 67.4 Å². The first-order chi connectivity index (χ1) is 18.2. The van der Waals surface area contributed by atoms with E-state index in [4.69, 9.17) is 26.1 Å². The predicted octanol–water partition coefficient (Wildman–Crippen LogP) is 7.90. The number of hydrogen-bond acceptors (Lipinski definition) is 4. The molecule has 4 aromatic rings. The zero-order valence-corrected chi connectivity index (χ0v) is 22.5. The fourth-order valence-corrected chi connectivity index (χ4v) is 6.61. The van der Waals surface area contributed by atoms with Gasteiger partial charge in [0.2, 0.25) is 0 Å². The van der Waals surface area contributed by atoms with Crippen molar-refractivity contribution in [1.29, 1.82) is 0 Å². The van der Waals surface area contributed by atoms with Crippen molar-refractivity contribution in [2.45, 2.75) is 64.3 Å². The molecule has 1 N–H and O–H groups in total. The summed E-state index contributed by atoms with van der Waals surface area (Å²) < 4.78 is 11.9. The summed E-state index contributed by atoms with van der Waals surface area (Å²) in [6.07, 6.45) is 2.91. The van der Waals surface area contributed by atoms with Gasteiger partial charge in [0.1, 0.15) is 23.8 Å². The molecule has 2 aliphatic heterocycles. The maximum atomic E-state index is 13.1. The van der Waals surface area contributed by atoms with Gasteiger partial charge in [0.15, 0.2) is 0 Å². The van der Waals surface area contributed by atoms with Gasteiger partial charge in [-0.1, -0.05) is 35.9 Å². The average Bonchev–Trinajstić information content (AvgIpc) is 3.61. The van der Waals surface area contributed by atoms with Crippen molar-refractivity contribution < 1.29 is 14.3 Å². The number of likely N-dealkylation sites (tertiary alicyclic amines) is 1. The monoisotopic (exact) mass is 527 g/mol. The van der Waals surface area contributed by atoms with Crippen LogP contribution >= 0.6 is 11.6 Å².